The number of hydrogen-bond donors (Lipinski definition) is 2. The summed E-state index contributed by atoms with van der Waals surface area (Å²) in [5.74, 6) is -1.00. The maximum Gasteiger partial charge on any atom is 0.326 e. The zero-order valence-corrected chi connectivity index (χ0v) is 11.3. The van der Waals surface area contributed by atoms with Crippen LogP contribution in [0.3, 0.4) is 0 Å². The van der Waals surface area contributed by atoms with Crippen LogP contribution >= 0.6 is 0 Å². The Bertz CT molecular complexity index is 491. The fourth-order valence-electron chi connectivity index (χ4n) is 1.45. The second-order valence-corrected chi connectivity index (χ2v) is 4.11. The van der Waals surface area contributed by atoms with Gasteiger partial charge in [0, 0.05) is 7.05 Å². The Balaban J connectivity index is 2.78. The lowest BCUT2D eigenvalue weighted by molar-refractivity contribution is -0.141. The molecule has 0 saturated heterocycles. The van der Waals surface area contributed by atoms with E-state index in [0.717, 1.165) is 4.90 Å². The molecule has 1 atom stereocenters. The molecule has 0 bridgehead atoms. The standard InChI is InChI=1S/C11H17N5O3/c1-5-8(9(17)18)16(4)11(19)13-10-12-6(2)7(3)14-15-10/h8H,5H2,1-4H3,(H,17,18)(H,12,13,15,19). The summed E-state index contributed by atoms with van der Waals surface area (Å²) in [7, 11) is 1.41. The number of urea groups is 1. The molecule has 0 aromatic carbocycles. The van der Waals surface area contributed by atoms with Crippen molar-refractivity contribution >= 4 is 17.9 Å². The zero-order valence-electron chi connectivity index (χ0n) is 11.3. The van der Waals surface area contributed by atoms with E-state index in [1.54, 1.807) is 20.8 Å². The number of rotatable bonds is 4. The van der Waals surface area contributed by atoms with Crippen molar-refractivity contribution in [2.75, 3.05) is 12.4 Å². The Morgan fingerprint density at radius 1 is 1.32 bits per heavy atom. The van der Waals surface area contributed by atoms with Crippen LogP contribution in [0, 0.1) is 13.8 Å². The van der Waals surface area contributed by atoms with Crippen LogP contribution in [0.15, 0.2) is 0 Å². The number of carboxylic acid groups (broad SMARTS) is 1. The van der Waals surface area contributed by atoms with Gasteiger partial charge in [-0.25, -0.2) is 14.6 Å². The molecule has 1 rings (SSSR count). The molecular weight excluding hydrogens is 250 g/mol. The molecule has 1 heterocycles. The van der Waals surface area contributed by atoms with E-state index in [9.17, 15) is 9.59 Å². The van der Waals surface area contributed by atoms with Crippen molar-refractivity contribution in [2.24, 2.45) is 0 Å². The van der Waals surface area contributed by atoms with Gasteiger partial charge in [0.05, 0.1) is 11.4 Å². The maximum atomic E-state index is 11.9. The number of anilines is 1. The van der Waals surface area contributed by atoms with E-state index in [4.69, 9.17) is 5.11 Å². The largest absolute Gasteiger partial charge is 0.480 e. The monoisotopic (exact) mass is 267 g/mol. The molecule has 1 aromatic rings. The van der Waals surface area contributed by atoms with Crippen LogP contribution in [0.5, 0.6) is 0 Å². The minimum atomic E-state index is -1.06. The molecular formula is C11H17N5O3. The van der Waals surface area contributed by atoms with Crippen molar-refractivity contribution in [3.05, 3.63) is 11.4 Å². The first kappa shape index (κ1) is 14.8. The maximum absolute atomic E-state index is 11.9. The summed E-state index contributed by atoms with van der Waals surface area (Å²) in [4.78, 5) is 28.0. The zero-order chi connectivity index (χ0) is 14.6. The summed E-state index contributed by atoms with van der Waals surface area (Å²) >= 11 is 0. The molecule has 0 spiro atoms. The molecule has 0 fully saturated rings. The van der Waals surface area contributed by atoms with Crippen molar-refractivity contribution in [2.45, 2.75) is 33.2 Å². The van der Waals surface area contributed by atoms with Gasteiger partial charge in [-0.1, -0.05) is 6.92 Å². The lowest BCUT2D eigenvalue weighted by Gasteiger charge is -2.23. The van der Waals surface area contributed by atoms with Crippen LogP contribution in [0.4, 0.5) is 10.7 Å². The van der Waals surface area contributed by atoms with E-state index >= 15 is 0 Å². The molecule has 2 amide bonds. The average Bonchev–Trinajstić information content (AvgIpc) is 2.34. The molecule has 0 radical (unpaired) electrons. The van der Waals surface area contributed by atoms with E-state index in [-0.39, 0.29) is 5.95 Å². The van der Waals surface area contributed by atoms with Gasteiger partial charge in [0.2, 0.25) is 0 Å². The van der Waals surface area contributed by atoms with Gasteiger partial charge >= 0.3 is 12.0 Å². The molecule has 0 aliphatic rings. The third-order valence-electron chi connectivity index (χ3n) is 2.77. The Kier molecular flexibility index (Phi) is 4.74. The minimum absolute atomic E-state index is 0.0557. The molecule has 0 aliphatic heterocycles. The summed E-state index contributed by atoms with van der Waals surface area (Å²) in [5, 5.41) is 18.9. The van der Waals surface area contributed by atoms with Gasteiger partial charge in [-0.15, -0.1) is 5.10 Å². The topological polar surface area (TPSA) is 108 Å². The molecule has 8 heteroatoms. The van der Waals surface area contributed by atoms with Crippen molar-refractivity contribution in [1.29, 1.82) is 0 Å². The normalized spacial score (nSPS) is 11.8. The predicted molar refractivity (Wildman–Crippen MR) is 67.8 cm³/mol. The first-order valence-electron chi connectivity index (χ1n) is 5.81. The quantitative estimate of drug-likeness (QED) is 0.835. The number of nitrogens with one attached hydrogen (secondary N) is 1. The number of carbonyl (C=O) groups is 2. The molecule has 19 heavy (non-hydrogen) atoms. The molecule has 0 saturated carbocycles. The molecule has 1 unspecified atom stereocenters. The summed E-state index contributed by atoms with van der Waals surface area (Å²) in [6, 6.07) is -1.47. The summed E-state index contributed by atoms with van der Waals surface area (Å²) in [5.41, 5.74) is 1.32. The van der Waals surface area contributed by atoms with E-state index < -0.39 is 18.0 Å². The molecule has 2 N–H and O–H groups in total. The highest BCUT2D eigenvalue weighted by Gasteiger charge is 2.25. The first-order valence-corrected chi connectivity index (χ1v) is 5.81. The number of carboxylic acids is 1. The van der Waals surface area contributed by atoms with Crippen LogP contribution in [0.25, 0.3) is 0 Å². The third-order valence-corrected chi connectivity index (χ3v) is 2.77. The van der Waals surface area contributed by atoms with Gasteiger partial charge in [0.25, 0.3) is 5.95 Å². The van der Waals surface area contributed by atoms with Crippen LogP contribution in [-0.4, -0.2) is 50.3 Å². The van der Waals surface area contributed by atoms with Crippen molar-refractivity contribution in [1.82, 2.24) is 20.1 Å². The lowest BCUT2D eigenvalue weighted by atomic mass is 10.2. The first-order chi connectivity index (χ1) is 8.86. The number of amides is 2. The number of aliphatic carboxylic acids is 1. The number of aryl methyl sites for hydroxylation is 2. The van der Waals surface area contributed by atoms with E-state index in [1.807, 2.05) is 0 Å². The summed E-state index contributed by atoms with van der Waals surface area (Å²) < 4.78 is 0. The number of likely N-dealkylation sites (N-methyl/N-ethyl adjacent to an activating group) is 1. The Labute approximate surface area is 110 Å². The van der Waals surface area contributed by atoms with Gasteiger partial charge in [-0.3, -0.25) is 5.32 Å². The van der Waals surface area contributed by atoms with Crippen molar-refractivity contribution in [3.8, 4) is 0 Å². The third kappa shape index (κ3) is 3.60. The van der Waals surface area contributed by atoms with Gasteiger partial charge in [0.1, 0.15) is 6.04 Å². The predicted octanol–water partition coefficient (Wildman–Crippen LogP) is 0.815. The number of carbonyl (C=O) groups excluding carboxylic acids is 1. The number of nitrogens with zero attached hydrogens (tertiary/aromatic N) is 4. The highest BCUT2D eigenvalue weighted by atomic mass is 16.4. The lowest BCUT2D eigenvalue weighted by Crippen LogP contribution is -2.44. The fraction of sp³-hybridized carbons (Fsp3) is 0.545. The Morgan fingerprint density at radius 3 is 2.42 bits per heavy atom. The second kappa shape index (κ2) is 6.07. The molecule has 0 aliphatic carbocycles. The fourth-order valence-corrected chi connectivity index (χ4v) is 1.45. The summed E-state index contributed by atoms with van der Waals surface area (Å²) in [6.07, 6.45) is 0.311. The average molecular weight is 267 g/mol. The summed E-state index contributed by atoms with van der Waals surface area (Å²) in [6.45, 7) is 5.19. The van der Waals surface area contributed by atoms with Crippen molar-refractivity contribution in [3.63, 3.8) is 0 Å². The Hall–Kier alpha value is -2.25. The van der Waals surface area contributed by atoms with Crippen LogP contribution in [-0.2, 0) is 4.79 Å². The molecule has 104 valence electrons. The van der Waals surface area contributed by atoms with Gasteiger partial charge in [-0.2, -0.15) is 5.10 Å². The van der Waals surface area contributed by atoms with Crippen LogP contribution in [0.2, 0.25) is 0 Å². The smallest absolute Gasteiger partial charge is 0.326 e. The van der Waals surface area contributed by atoms with Gasteiger partial charge in [0.15, 0.2) is 0 Å². The van der Waals surface area contributed by atoms with Gasteiger partial charge in [-0.05, 0) is 20.3 Å². The number of hydrogen-bond acceptors (Lipinski definition) is 5. The number of aromatic nitrogens is 3. The highest BCUT2D eigenvalue weighted by Crippen LogP contribution is 2.06. The SMILES string of the molecule is CCC(C(=O)O)N(C)C(=O)Nc1nnc(C)c(C)n1. The highest BCUT2D eigenvalue weighted by molar-refractivity contribution is 5.90. The van der Waals surface area contributed by atoms with E-state index in [0.29, 0.717) is 17.8 Å². The van der Waals surface area contributed by atoms with Crippen LogP contribution < -0.4 is 5.32 Å². The van der Waals surface area contributed by atoms with E-state index in [1.165, 1.54) is 7.05 Å². The van der Waals surface area contributed by atoms with Gasteiger partial charge < -0.3 is 10.0 Å². The van der Waals surface area contributed by atoms with Crippen molar-refractivity contribution < 1.29 is 14.7 Å². The van der Waals surface area contributed by atoms with Crippen LogP contribution in [0.1, 0.15) is 24.7 Å². The minimum Gasteiger partial charge on any atom is -0.480 e. The van der Waals surface area contributed by atoms with E-state index in [2.05, 4.69) is 20.5 Å². The molecule has 1 aromatic heterocycles. The second-order valence-electron chi connectivity index (χ2n) is 4.11. The molecule has 8 nitrogen and oxygen atoms in total. The Morgan fingerprint density at radius 2 is 1.95 bits per heavy atom.